The molecule has 0 radical (unpaired) electrons. The minimum Gasteiger partial charge on any atom is -0.310 e. The van der Waals surface area contributed by atoms with Gasteiger partial charge in [0.25, 0.3) is 0 Å². The van der Waals surface area contributed by atoms with Crippen molar-refractivity contribution in [2.24, 2.45) is 0 Å². The van der Waals surface area contributed by atoms with E-state index in [4.69, 9.17) is 0 Å². The van der Waals surface area contributed by atoms with Crippen molar-refractivity contribution in [3.63, 3.8) is 0 Å². The van der Waals surface area contributed by atoms with Crippen molar-refractivity contribution in [3.8, 4) is 0 Å². The first-order chi connectivity index (χ1) is 9.31. The summed E-state index contributed by atoms with van der Waals surface area (Å²) in [5, 5.41) is 3.68. The molecule has 2 aromatic carbocycles. The van der Waals surface area contributed by atoms with Crippen molar-refractivity contribution < 1.29 is 0 Å². The molecule has 0 fully saturated rings. The van der Waals surface area contributed by atoms with E-state index in [-0.39, 0.29) is 0 Å². The van der Waals surface area contributed by atoms with Gasteiger partial charge in [0.05, 0.1) is 0 Å². The van der Waals surface area contributed by atoms with Gasteiger partial charge in [-0.05, 0) is 48.1 Å². The summed E-state index contributed by atoms with van der Waals surface area (Å²) >= 11 is 3.47. The molecule has 0 aliphatic heterocycles. The monoisotopic (exact) mass is 315 g/mol. The highest BCUT2D eigenvalue weighted by Gasteiger charge is 2.17. The Kier molecular flexibility index (Phi) is 4.00. The van der Waals surface area contributed by atoms with E-state index in [0.717, 1.165) is 17.4 Å². The fourth-order valence-corrected chi connectivity index (χ4v) is 3.00. The van der Waals surface area contributed by atoms with Crippen LogP contribution in [0.15, 0.2) is 53.0 Å². The van der Waals surface area contributed by atoms with Gasteiger partial charge in [-0.2, -0.15) is 0 Å². The Morgan fingerprint density at radius 1 is 1.00 bits per heavy atom. The Morgan fingerprint density at radius 2 is 1.74 bits per heavy atom. The van der Waals surface area contributed by atoms with Gasteiger partial charge < -0.3 is 5.32 Å². The first-order valence-electron chi connectivity index (χ1n) is 6.86. The fourth-order valence-electron chi connectivity index (χ4n) is 2.74. The molecule has 0 saturated carbocycles. The summed E-state index contributed by atoms with van der Waals surface area (Å²) in [6.07, 6.45) is 3.61. The molecule has 0 bridgehead atoms. The van der Waals surface area contributed by atoms with Crippen LogP contribution in [-0.4, -0.2) is 6.04 Å². The quantitative estimate of drug-likeness (QED) is 0.899. The van der Waals surface area contributed by atoms with Gasteiger partial charge in [-0.25, -0.2) is 0 Å². The molecule has 1 atom stereocenters. The molecule has 0 amide bonds. The normalized spacial score (nSPS) is 18.1. The number of halogens is 1. The lowest BCUT2D eigenvalue weighted by atomic mass is 9.88. The van der Waals surface area contributed by atoms with E-state index in [2.05, 4.69) is 69.8 Å². The number of nitrogens with one attached hydrogen (secondary N) is 1. The van der Waals surface area contributed by atoms with E-state index in [1.54, 1.807) is 0 Å². The van der Waals surface area contributed by atoms with Crippen LogP contribution in [0.5, 0.6) is 0 Å². The fraction of sp³-hybridized carbons (Fsp3) is 0.294. The van der Waals surface area contributed by atoms with Crippen molar-refractivity contribution in [1.29, 1.82) is 0 Å². The molecule has 0 spiro atoms. The maximum Gasteiger partial charge on any atom is 0.0208 e. The smallest absolute Gasteiger partial charge is 0.0208 e. The van der Waals surface area contributed by atoms with Gasteiger partial charge in [0.15, 0.2) is 0 Å². The molecule has 2 aromatic rings. The van der Waals surface area contributed by atoms with Crippen LogP contribution in [0.25, 0.3) is 0 Å². The largest absolute Gasteiger partial charge is 0.310 e. The van der Waals surface area contributed by atoms with Crippen molar-refractivity contribution in [2.45, 2.75) is 31.8 Å². The molecular formula is C17H18BrN. The predicted octanol–water partition coefficient (Wildman–Crippen LogP) is 4.10. The lowest BCUT2D eigenvalue weighted by Gasteiger charge is -2.25. The highest BCUT2D eigenvalue weighted by molar-refractivity contribution is 9.10. The molecule has 19 heavy (non-hydrogen) atoms. The van der Waals surface area contributed by atoms with E-state index < -0.39 is 0 Å². The lowest BCUT2D eigenvalue weighted by Crippen LogP contribution is -2.34. The molecule has 1 aliphatic carbocycles. The standard InChI is InChI=1S/C17H18BrN/c18-16-8-5-13(6-9-16)12-19-17-10-7-14-3-1-2-4-15(14)11-17/h1-6,8-9,17,19H,7,10-12H2. The van der Waals surface area contributed by atoms with E-state index in [9.17, 15) is 0 Å². The molecule has 1 N–H and O–H groups in total. The summed E-state index contributed by atoms with van der Waals surface area (Å²) < 4.78 is 1.14. The zero-order chi connectivity index (χ0) is 13.1. The van der Waals surface area contributed by atoms with Gasteiger partial charge in [0.1, 0.15) is 0 Å². The molecule has 2 heteroatoms. The Labute approximate surface area is 123 Å². The lowest BCUT2D eigenvalue weighted by molar-refractivity contribution is 0.457. The first-order valence-corrected chi connectivity index (χ1v) is 7.65. The van der Waals surface area contributed by atoms with Gasteiger partial charge in [-0.3, -0.25) is 0 Å². The summed E-state index contributed by atoms with van der Waals surface area (Å²) in [5.74, 6) is 0. The first kappa shape index (κ1) is 12.9. The molecule has 1 aliphatic rings. The summed E-state index contributed by atoms with van der Waals surface area (Å²) in [6, 6.07) is 18.0. The number of hydrogen-bond acceptors (Lipinski definition) is 1. The summed E-state index contributed by atoms with van der Waals surface area (Å²) in [4.78, 5) is 0. The van der Waals surface area contributed by atoms with Crippen molar-refractivity contribution in [2.75, 3.05) is 0 Å². The van der Waals surface area contributed by atoms with Crippen LogP contribution in [-0.2, 0) is 19.4 Å². The molecule has 3 rings (SSSR count). The number of hydrogen-bond donors (Lipinski definition) is 1. The van der Waals surface area contributed by atoms with Crippen LogP contribution in [0.2, 0.25) is 0 Å². The van der Waals surface area contributed by atoms with Gasteiger partial charge in [0.2, 0.25) is 0 Å². The maximum atomic E-state index is 3.68. The molecule has 1 nitrogen and oxygen atoms in total. The van der Waals surface area contributed by atoms with Crippen LogP contribution in [0, 0.1) is 0 Å². The summed E-state index contributed by atoms with van der Waals surface area (Å²) in [5.41, 5.74) is 4.40. The molecule has 0 aromatic heterocycles. The Bertz CT molecular complexity index is 547. The Balaban J connectivity index is 1.59. The van der Waals surface area contributed by atoms with Gasteiger partial charge >= 0.3 is 0 Å². The number of benzene rings is 2. The second-order valence-electron chi connectivity index (χ2n) is 5.22. The van der Waals surface area contributed by atoms with Crippen LogP contribution in [0.4, 0.5) is 0 Å². The zero-order valence-electron chi connectivity index (χ0n) is 10.9. The van der Waals surface area contributed by atoms with E-state index in [1.807, 2.05) is 0 Å². The van der Waals surface area contributed by atoms with Gasteiger partial charge in [0, 0.05) is 17.1 Å². The topological polar surface area (TPSA) is 12.0 Å². The third-order valence-corrected chi connectivity index (χ3v) is 4.38. The average Bonchev–Trinajstić information content (AvgIpc) is 2.46. The minimum atomic E-state index is 0.610. The predicted molar refractivity (Wildman–Crippen MR) is 83.2 cm³/mol. The summed E-state index contributed by atoms with van der Waals surface area (Å²) in [7, 11) is 0. The second-order valence-corrected chi connectivity index (χ2v) is 6.13. The van der Waals surface area contributed by atoms with E-state index >= 15 is 0 Å². The van der Waals surface area contributed by atoms with Crippen LogP contribution >= 0.6 is 15.9 Å². The number of fused-ring (bicyclic) bond motifs is 1. The van der Waals surface area contributed by atoms with Crippen molar-refractivity contribution in [3.05, 3.63) is 69.7 Å². The van der Waals surface area contributed by atoms with Gasteiger partial charge in [-0.1, -0.05) is 52.3 Å². The third kappa shape index (κ3) is 3.26. The van der Waals surface area contributed by atoms with Gasteiger partial charge in [-0.15, -0.1) is 0 Å². The minimum absolute atomic E-state index is 0.610. The van der Waals surface area contributed by atoms with E-state index in [1.165, 1.54) is 29.5 Å². The Morgan fingerprint density at radius 3 is 2.53 bits per heavy atom. The maximum absolute atomic E-state index is 3.68. The molecule has 1 unspecified atom stereocenters. The van der Waals surface area contributed by atoms with Crippen LogP contribution < -0.4 is 5.32 Å². The van der Waals surface area contributed by atoms with Crippen molar-refractivity contribution in [1.82, 2.24) is 5.32 Å². The van der Waals surface area contributed by atoms with E-state index in [0.29, 0.717) is 6.04 Å². The molecule has 0 heterocycles. The number of aryl methyl sites for hydroxylation is 1. The SMILES string of the molecule is Brc1ccc(CNC2CCc3ccccc3C2)cc1. The molecule has 0 saturated heterocycles. The third-order valence-electron chi connectivity index (χ3n) is 3.85. The Hall–Kier alpha value is -1.12. The van der Waals surface area contributed by atoms with Crippen LogP contribution in [0.1, 0.15) is 23.1 Å². The van der Waals surface area contributed by atoms with Crippen molar-refractivity contribution >= 4 is 15.9 Å². The summed E-state index contributed by atoms with van der Waals surface area (Å²) in [6.45, 7) is 0.958. The molecule has 98 valence electrons. The second kappa shape index (κ2) is 5.89. The number of rotatable bonds is 3. The zero-order valence-corrected chi connectivity index (χ0v) is 12.5. The molecular weight excluding hydrogens is 298 g/mol. The van der Waals surface area contributed by atoms with Crippen LogP contribution in [0.3, 0.4) is 0 Å². The average molecular weight is 316 g/mol. The highest BCUT2D eigenvalue weighted by atomic mass is 79.9. The highest BCUT2D eigenvalue weighted by Crippen LogP contribution is 2.21.